The lowest BCUT2D eigenvalue weighted by Crippen LogP contribution is -2.17. The zero-order valence-corrected chi connectivity index (χ0v) is 8.64. The Bertz CT molecular complexity index is 555. The van der Waals surface area contributed by atoms with E-state index in [1.54, 1.807) is 6.07 Å². The number of primary amides is 1. The van der Waals surface area contributed by atoms with Crippen molar-refractivity contribution < 1.29 is 9.53 Å². The molecular formula is C13H11NO2. The van der Waals surface area contributed by atoms with Crippen LogP contribution in [0.5, 0.6) is 5.75 Å². The predicted molar refractivity (Wildman–Crippen MR) is 62.9 cm³/mol. The lowest BCUT2D eigenvalue weighted by atomic mass is 10.1. The van der Waals surface area contributed by atoms with E-state index in [4.69, 9.17) is 10.5 Å². The van der Waals surface area contributed by atoms with Crippen LogP contribution in [0.15, 0.2) is 54.8 Å². The predicted octanol–water partition coefficient (Wildman–Crippen LogP) is 2.22. The highest BCUT2D eigenvalue weighted by Gasteiger charge is 2.06. The van der Waals surface area contributed by atoms with Crippen molar-refractivity contribution >= 4 is 16.7 Å². The van der Waals surface area contributed by atoms with E-state index >= 15 is 0 Å². The fourth-order valence-corrected chi connectivity index (χ4v) is 1.47. The maximum atomic E-state index is 10.8. The van der Waals surface area contributed by atoms with Crippen LogP contribution in [0.3, 0.4) is 0 Å². The van der Waals surface area contributed by atoms with E-state index in [1.807, 2.05) is 36.4 Å². The van der Waals surface area contributed by atoms with E-state index < -0.39 is 5.91 Å². The molecule has 2 N–H and O–H groups in total. The normalized spacial score (nSPS) is 10.0. The third-order valence-corrected chi connectivity index (χ3v) is 2.26. The van der Waals surface area contributed by atoms with Crippen LogP contribution in [-0.4, -0.2) is 5.91 Å². The summed E-state index contributed by atoms with van der Waals surface area (Å²) in [6.45, 7) is 3.46. The molecule has 2 rings (SSSR count). The molecule has 0 atom stereocenters. The zero-order valence-electron chi connectivity index (χ0n) is 8.64. The summed E-state index contributed by atoms with van der Waals surface area (Å²) >= 11 is 0. The topological polar surface area (TPSA) is 52.3 Å². The average molecular weight is 213 g/mol. The molecule has 3 heteroatoms. The number of fused-ring (bicyclic) bond motifs is 1. The Morgan fingerprint density at radius 1 is 1.12 bits per heavy atom. The van der Waals surface area contributed by atoms with Crippen molar-refractivity contribution in [3.8, 4) is 5.75 Å². The van der Waals surface area contributed by atoms with Gasteiger partial charge in [-0.1, -0.05) is 43.0 Å². The lowest BCUT2D eigenvalue weighted by molar-refractivity contribution is -0.116. The van der Waals surface area contributed by atoms with Crippen molar-refractivity contribution in [3.63, 3.8) is 0 Å². The number of carbonyl (C=O) groups is 1. The van der Waals surface area contributed by atoms with Gasteiger partial charge in [0.05, 0.1) is 0 Å². The third-order valence-electron chi connectivity index (χ3n) is 2.26. The van der Waals surface area contributed by atoms with Crippen LogP contribution in [0.4, 0.5) is 0 Å². The molecule has 0 fully saturated rings. The van der Waals surface area contributed by atoms with Gasteiger partial charge in [0.2, 0.25) is 0 Å². The van der Waals surface area contributed by atoms with Gasteiger partial charge in [-0.25, -0.2) is 0 Å². The highest BCUT2D eigenvalue weighted by molar-refractivity contribution is 5.92. The minimum atomic E-state index is -0.659. The second-order valence-corrected chi connectivity index (χ2v) is 3.37. The molecule has 80 valence electrons. The SMILES string of the molecule is C=C(Oc1cccc2ccccc12)C(N)=O. The van der Waals surface area contributed by atoms with Crippen LogP contribution in [-0.2, 0) is 4.79 Å². The van der Waals surface area contributed by atoms with Gasteiger partial charge in [-0.3, -0.25) is 4.79 Å². The number of hydrogen-bond acceptors (Lipinski definition) is 2. The molecule has 3 nitrogen and oxygen atoms in total. The quantitative estimate of drug-likeness (QED) is 0.627. The second-order valence-electron chi connectivity index (χ2n) is 3.37. The Kier molecular flexibility index (Phi) is 2.60. The van der Waals surface area contributed by atoms with Gasteiger partial charge >= 0.3 is 0 Å². The Labute approximate surface area is 93.1 Å². The van der Waals surface area contributed by atoms with Gasteiger partial charge in [0.25, 0.3) is 5.91 Å². The highest BCUT2D eigenvalue weighted by atomic mass is 16.5. The summed E-state index contributed by atoms with van der Waals surface area (Å²) < 4.78 is 5.32. The molecule has 2 aromatic carbocycles. The Balaban J connectivity index is 2.45. The monoisotopic (exact) mass is 213 g/mol. The Morgan fingerprint density at radius 3 is 2.56 bits per heavy atom. The Hall–Kier alpha value is -2.29. The van der Waals surface area contributed by atoms with Crippen LogP contribution in [0, 0.1) is 0 Å². The van der Waals surface area contributed by atoms with Gasteiger partial charge in [-0.15, -0.1) is 0 Å². The summed E-state index contributed by atoms with van der Waals surface area (Å²) in [6, 6.07) is 13.3. The van der Waals surface area contributed by atoms with Gasteiger partial charge in [-0.05, 0) is 11.5 Å². The largest absolute Gasteiger partial charge is 0.452 e. The fourth-order valence-electron chi connectivity index (χ4n) is 1.47. The molecule has 0 aliphatic carbocycles. The first-order chi connectivity index (χ1) is 7.68. The van der Waals surface area contributed by atoms with Gasteiger partial charge in [0.1, 0.15) is 5.75 Å². The van der Waals surface area contributed by atoms with Crippen LogP contribution in [0.1, 0.15) is 0 Å². The Morgan fingerprint density at radius 2 is 1.81 bits per heavy atom. The number of rotatable bonds is 3. The molecule has 0 bridgehead atoms. The first kappa shape index (κ1) is 10.2. The molecule has 0 spiro atoms. The molecular weight excluding hydrogens is 202 g/mol. The average Bonchev–Trinajstić information content (AvgIpc) is 2.29. The van der Waals surface area contributed by atoms with E-state index in [2.05, 4.69) is 6.58 Å². The number of ether oxygens (including phenoxy) is 1. The van der Waals surface area contributed by atoms with Crippen LogP contribution >= 0.6 is 0 Å². The summed E-state index contributed by atoms with van der Waals surface area (Å²) in [5.74, 6) is -0.133. The van der Waals surface area contributed by atoms with Crippen molar-refractivity contribution in [2.75, 3.05) is 0 Å². The van der Waals surface area contributed by atoms with Crippen LogP contribution in [0.2, 0.25) is 0 Å². The summed E-state index contributed by atoms with van der Waals surface area (Å²) in [5.41, 5.74) is 5.06. The molecule has 0 aromatic heterocycles. The summed E-state index contributed by atoms with van der Waals surface area (Å²) in [7, 11) is 0. The van der Waals surface area contributed by atoms with Gasteiger partial charge in [0.15, 0.2) is 5.76 Å². The maximum Gasteiger partial charge on any atom is 0.283 e. The maximum absolute atomic E-state index is 10.8. The number of nitrogens with two attached hydrogens (primary N) is 1. The van der Waals surface area contributed by atoms with Crippen molar-refractivity contribution in [2.45, 2.75) is 0 Å². The molecule has 0 aliphatic heterocycles. The van der Waals surface area contributed by atoms with E-state index in [-0.39, 0.29) is 5.76 Å². The van der Waals surface area contributed by atoms with E-state index in [9.17, 15) is 4.79 Å². The summed E-state index contributed by atoms with van der Waals surface area (Å²) in [5, 5.41) is 1.96. The number of benzene rings is 2. The third kappa shape index (κ3) is 1.88. The molecule has 0 radical (unpaired) electrons. The van der Waals surface area contributed by atoms with Crippen molar-refractivity contribution in [1.82, 2.24) is 0 Å². The minimum absolute atomic E-state index is 0.0589. The molecule has 2 aromatic rings. The molecule has 16 heavy (non-hydrogen) atoms. The standard InChI is InChI=1S/C13H11NO2/c1-9(13(14)15)16-12-8-4-6-10-5-2-3-7-11(10)12/h2-8H,1H2,(H2,14,15). The molecule has 0 saturated carbocycles. The fraction of sp³-hybridized carbons (Fsp3) is 0. The van der Waals surface area contributed by atoms with E-state index in [0.29, 0.717) is 5.75 Å². The first-order valence-electron chi connectivity index (χ1n) is 4.83. The van der Waals surface area contributed by atoms with Gasteiger partial charge in [0, 0.05) is 5.39 Å². The first-order valence-corrected chi connectivity index (χ1v) is 4.83. The second kappa shape index (κ2) is 4.06. The van der Waals surface area contributed by atoms with Crippen molar-refractivity contribution in [1.29, 1.82) is 0 Å². The highest BCUT2D eigenvalue weighted by Crippen LogP contribution is 2.26. The van der Waals surface area contributed by atoms with E-state index in [1.165, 1.54) is 0 Å². The summed E-state index contributed by atoms with van der Waals surface area (Å²) in [6.07, 6.45) is 0. The molecule has 0 saturated heterocycles. The lowest BCUT2D eigenvalue weighted by Gasteiger charge is -2.08. The minimum Gasteiger partial charge on any atom is -0.452 e. The summed E-state index contributed by atoms with van der Waals surface area (Å²) in [4.78, 5) is 10.8. The molecule has 0 heterocycles. The number of amides is 1. The van der Waals surface area contributed by atoms with Gasteiger partial charge < -0.3 is 10.5 Å². The van der Waals surface area contributed by atoms with Crippen molar-refractivity contribution in [3.05, 3.63) is 54.8 Å². The van der Waals surface area contributed by atoms with Crippen LogP contribution in [0.25, 0.3) is 10.8 Å². The molecule has 1 amide bonds. The number of carbonyl (C=O) groups excluding carboxylic acids is 1. The zero-order chi connectivity index (χ0) is 11.5. The van der Waals surface area contributed by atoms with Crippen LogP contribution < -0.4 is 10.5 Å². The molecule has 0 unspecified atom stereocenters. The smallest absolute Gasteiger partial charge is 0.283 e. The van der Waals surface area contributed by atoms with Crippen molar-refractivity contribution in [2.24, 2.45) is 5.73 Å². The number of hydrogen-bond donors (Lipinski definition) is 1. The van der Waals surface area contributed by atoms with E-state index in [0.717, 1.165) is 10.8 Å². The molecule has 0 aliphatic rings. The van der Waals surface area contributed by atoms with Gasteiger partial charge in [-0.2, -0.15) is 0 Å².